The highest BCUT2D eigenvalue weighted by Crippen LogP contribution is 2.28. The van der Waals surface area contributed by atoms with Crippen LogP contribution in [0, 0.1) is 0 Å². The maximum absolute atomic E-state index is 13.6. The Morgan fingerprint density at radius 2 is 1.94 bits per heavy atom. The smallest absolute Gasteiger partial charge is 0.497 e. The van der Waals surface area contributed by atoms with Crippen LogP contribution in [0.2, 0.25) is 0 Å². The molecule has 0 aliphatic heterocycles. The molecule has 1 saturated carbocycles. The topological polar surface area (TPSA) is 83.2 Å². The summed E-state index contributed by atoms with van der Waals surface area (Å²) in [6, 6.07) is 12.9. The zero-order valence-electron chi connectivity index (χ0n) is 18.0. The number of alkyl halides is 3. The van der Waals surface area contributed by atoms with Crippen LogP contribution < -0.4 is 20.5 Å². The van der Waals surface area contributed by atoms with Gasteiger partial charge in [-0.2, -0.15) is 4.98 Å². The fraction of sp³-hybridized carbons (Fsp3) is 0.261. The van der Waals surface area contributed by atoms with Gasteiger partial charge in [0.05, 0.1) is 25.5 Å². The second-order valence-corrected chi connectivity index (χ2v) is 7.88. The Kier molecular flexibility index (Phi) is 5.39. The molecule has 0 atom stereocenters. The van der Waals surface area contributed by atoms with Gasteiger partial charge in [0.1, 0.15) is 17.0 Å². The monoisotopic (exact) mass is 471 g/mol. The van der Waals surface area contributed by atoms with E-state index in [-0.39, 0.29) is 17.9 Å². The predicted molar refractivity (Wildman–Crippen MR) is 119 cm³/mol. The van der Waals surface area contributed by atoms with E-state index in [0.29, 0.717) is 34.6 Å². The van der Waals surface area contributed by atoms with Gasteiger partial charge in [0.25, 0.3) is 0 Å². The molecule has 4 aromatic rings. The summed E-state index contributed by atoms with van der Waals surface area (Å²) in [5.41, 5.74) is 0.903. The number of benzene rings is 2. The predicted octanol–water partition coefficient (Wildman–Crippen LogP) is 4.11. The van der Waals surface area contributed by atoms with E-state index in [0.717, 1.165) is 12.8 Å². The summed E-state index contributed by atoms with van der Waals surface area (Å²) in [5, 5.41) is 3.21. The number of methoxy groups -OCH3 is 1. The van der Waals surface area contributed by atoms with Gasteiger partial charge in [-0.1, -0.05) is 24.3 Å². The van der Waals surface area contributed by atoms with Crippen molar-refractivity contribution < 1.29 is 22.6 Å². The number of halogens is 3. The van der Waals surface area contributed by atoms with Crippen molar-refractivity contribution in [3.63, 3.8) is 0 Å². The van der Waals surface area contributed by atoms with E-state index >= 15 is 0 Å². The number of hydrogen-bond acceptors (Lipinski definition) is 6. The van der Waals surface area contributed by atoms with Crippen molar-refractivity contribution in [3.8, 4) is 17.2 Å². The molecule has 1 aliphatic carbocycles. The van der Waals surface area contributed by atoms with Gasteiger partial charge < -0.3 is 14.8 Å². The summed E-state index contributed by atoms with van der Waals surface area (Å²) in [6.45, 7) is -0.169. The highest BCUT2D eigenvalue weighted by Gasteiger charge is 2.32. The van der Waals surface area contributed by atoms with E-state index in [4.69, 9.17) is 4.74 Å². The van der Waals surface area contributed by atoms with Gasteiger partial charge in [-0.05, 0) is 31.0 Å². The van der Waals surface area contributed by atoms with Crippen LogP contribution in [-0.4, -0.2) is 38.6 Å². The standard InChI is InChI=1S/C23H20F3N5O3/c1-33-17-7-4-6-16(11-17)31-20-18(12-27-21(29-20)28-15-9-10-15)30(22(31)32)13-14-5-2-3-8-19(14)34-23(24,25)26/h2-8,11-12,15H,9-10,13H2,1H3,(H,27,28,29). The van der Waals surface area contributed by atoms with E-state index in [2.05, 4.69) is 20.0 Å². The molecule has 2 heterocycles. The van der Waals surface area contributed by atoms with Crippen LogP contribution in [0.15, 0.2) is 59.5 Å². The number of ether oxygens (including phenoxy) is 2. The number of nitrogens with one attached hydrogen (secondary N) is 1. The number of nitrogens with zero attached hydrogens (tertiary/aromatic N) is 4. The van der Waals surface area contributed by atoms with Crippen molar-refractivity contribution >= 4 is 17.1 Å². The fourth-order valence-electron chi connectivity index (χ4n) is 3.68. The summed E-state index contributed by atoms with van der Waals surface area (Å²) in [6.07, 6.45) is -1.33. The quantitative estimate of drug-likeness (QED) is 0.437. The molecule has 1 aliphatic rings. The lowest BCUT2D eigenvalue weighted by Gasteiger charge is -2.13. The first-order chi connectivity index (χ1) is 16.3. The second kappa shape index (κ2) is 8.40. The molecule has 11 heteroatoms. The van der Waals surface area contributed by atoms with Crippen molar-refractivity contribution in [2.75, 3.05) is 12.4 Å². The Labute approximate surface area is 191 Å². The highest BCUT2D eigenvalue weighted by molar-refractivity contribution is 5.74. The average Bonchev–Trinajstić information content (AvgIpc) is 3.57. The molecule has 1 N–H and O–H groups in total. The number of anilines is 1. The molecule has 176 valence electrons. The molecule has 2 aromatic heterocycles. The summed E-state index contributed by atoms with van der Waals surface area (Å²) in [4.78, 5) is 22.5. The minimum absolute atomic E-state index is 0.169. The average molecular weight is 471 g/mol. The fourth-order valence-corrected chi connectivity index (χ4v) is 3.68. The van der Waals surface area contributed by atoms with Gasteiger partial charge in [-0.15, -0.1) is 13.2 Å². The van der Waals surface area contributed by atoms with E-state index in [1.807, 2.05) is 0 Å². The van der Waals surface area contributed by atoms with Crippen LogP contribution in [-0.2, 0) is 6.54 Å². The molecular formula is C23H20F3N5O3. The second-order valence-electron chi connectivity index (χ2n) is 7.88. The van der Waals surface area contributed by atoms with Crippen molar-refractivity contribution in [1.29, 1.82) is 0 Å². The first kappa shape index (κ1) is 21.8. The first-order valence-corrected chi connectivity index (χ1v) is 10.6. The molecule has 2 aromatic carbocycles. The molecule has 0 radical (unpaired) electrons. The van der Waals surface area contributed by atoms with Gasteiger partial charge in [0.15, 0.2) is 5.65 Å². The zero-order valence-corrected chi connectivity index (χ0v) is 18.0. The number of fused-ring (bicyclic) bond motifs is 1. The van der Waals surface area contributed by atoms with E-state index in [9.17, 15) is 18.0 Å². The number of hydrogen-bond donors (Lipinski definition) is 1. The minimum atomic E-state index is -4.86. The highest BCUT2D eigenvalue weighted by atomic mass is 19.4. The lowest BCUT2D eigenvalue weighted by Crippen LogP contribution is -2.24. The zero-order chi connectivity index (χ0) is 23.9. The molecule has 8 nitrogen and oxygen atoms in total. The molecule has 0 spiro atoms. The Balaban J connectivity index is 1.66. The van der Waals surface area contributed by atoms with Crippen LogP contribution in [0.4, 0.5) is 19.1 Å². The number of rotatable bonds is 7. The Morgan fingerprint density at radius 3 is 2.68 bits per heavy atom. The van der Waals surface area contributed by atoms with E-state index in [1.165, 1.54) is 40.6 Å². The maximum atomic E-state index is 13.6. The van der Waals surface area contributed by atoms with E-state index < -0.39 is 12.1 Å². The summed E-state index contributed by atoms with van der Waals surface area (Å²) in [7, 11) is 1.52. The molecule has 34 heavy (non-hydrogen) atoms. The maximum Gasteiger partial charge on any atom is 0.573 e. The molecule has 0 unspecified atom stereocenters. The van der Waals surface area contributed by atoms with E-state index in [1.54, 1.807) is 30.3 Å². The molecular weight excluding hydrogens is 451 g/mol. The summed E-state index contributed by atoms with van der Waals surface area (Å²) >= 11 is 0. The number of para-hydroxylation sites is 1. The summed E-state index contributed by atoms with van der Waals surface area (Å²) < 4.78 is 50.9. The van der Waals surface area contributed by atoms with Crippen LogP contribution in [0.25, 0.3) is 16.9 Å². The lowest BCUT2D eigenvalue weighted by molar-refractivity contribution is -0.274. The SMILES string of the molecule is COc1cccc(-n2c(=O)n(Cc3ccccc3OC(F)(F)F)c3cnc(NC4CC4)nc32)c1. The Bertz CT molecular complexity index is 1410. The van der Waals surface area contributed by atoms with Crippen LogP contribution in [0.3, 0.4) is 0 Å². The molecule has 5 rings (SSSR count). The minimum Gasteiger partial charge on any atom is -0.497 e. The number of imidazole rings is 1. The van der Waals surface area contributed by atoms with Gasteiger partial charge in [-0.3, -0.25) is 4.57 Å². The molecule has 0 saturated heterocycles. The number of aromatic nitrogens is 4. The van der Waals surface area contributed by atoms with Crippen LogP contribution in [0.1, 0.15) is 18.4 Å². The van der Waals surface area contributed by atoms with Gasteiger partial charge in [0, 0.05) is 17.7 Å². The van der Waals surface area contributed by atoms with Gasteiger partial charge in [-0.25, -0.2) is 14.3 Å². The Hall–Kier alpha value is -4.02. The molecule has 1 fully saturated rings. The summed E-state index contributed by atoms with van der Waals surface area (Å²) in [5.74, 6) is 0.543. The van der Waals surface area contributed by atoms with Crippen LogP contribution >= 0.6 is 0 Å². The first-order valence-electron chi connectivity index (χ1n) is 10.6. The normalized spacial score (nSPS) is 13.8. The lowest BCUT2D eigenvalue weighted by atomic mass is 10.2. The third-order valence-electron chi connectivity index (χ3n) is 5.42. The van der Waals surface area contributed by atoms with Crippen molar-refractivity contribution in [2.24, 2.45) is 0 Å². The van der Waals surface area contributed by atoms with Crippen LogP contribution in [0.5, 0.6) is 11.5 Å². The molecule has 0 amide bonds. The van der Waals surface area contributed by atoms with Crippen molar-refractivity contribution in [3.05, 3.63) is 70.8 Å². The third-order valence-corrected chi connectivity index (χ3v) is 5.42. The largest absolute Gasteiger partial charge is 0.573 e. The third kappa shape index (κ3) is 4.41. The van der Waals surface area contributed by atoms with Crippen molar-refractivity contribution in [1.82, 2.24) is 19.1 Å². The van der Waals surface area contributed by atoms with Gasteiger partial charge in [0.2, 0.25) is 5.95 Å². The Morgan fingerprint density at radius 1 is 1.15 bits per heavy atom. The van der Waals surface area contributed by atoms with Crippen molar-refractivity contribution in [2.45, 2.75) is 31.8 Å². The van der Waals surface area contributed by atoms with Gasteiger partial charge >= 0.3 is 12.1 Å². The molecule has 0 bridgehead atoms.